The smallest absolute Gasteiger partial charge is 0.191 e. The lowest BCUT2D eigenvalue weighted by Gasteiger charge is -2.22. The van der Waals surface area contributed by atoms with Gasteiger partial charge < -0.3 is 10.1 Å². The van der Waals surface area contributed by atoms with Crippen molar-refractivity contribution in [3.63, 3.8) is 0 Å². The van der Waals surface area contributed by atoms with Gasteiger partial charge in [-0.25, -0.2) is 0 Å². The Morgan fingerprint density at radius 2 is 1.76 bits per heavy atom. The van der Waals surface area contributed by atoms with Crippen molar-refractivity contribution < 1.29 is 5.21 Å². The predicted molar refractivity (Wildman–Crippen MR) is 92.7 cm³/mol. The first-order chi connectivity index (χ1) is 9.72. The molecule has 0 atom stereocenters. The third-order valence-electron chi connectivity index (χ3n) is 2.55. The van der Waals surface area contributed by atoms with Crippen molar-refractivity contribution in [1.82, 2.24) is 4.90 Å². The van der Waals surface area contributed by atoms with Crippen LogP contribution in [0, 0.1) is 0 Å². The van der Waals surface area contributed by atoms with E-state index in [4.69, 9.17) is 28.4 Å². The molecule has 0 aliphatic rings. The molecule has 0 bridgehead atoms. The minimum atomic E-state index is 0. The highest BCUT2D eigenvalue weighted by Crippen LogP contribution is 2.05. The fourth-order valence-electron chi connectivity index (χ4n) is 1.60. The minimum absolute atomic E-state index is 0. The van der Waals surface area contributed by atoms with E-state index < -0.39 is 0 Å². The molecule has 0 heterocycles. The Bertz CT molecular complexity index is 448. The molecule has 1 aromatic rings. The Balaban J connectivity index is 0.00000400. The molecule has 21 heavy (non-hydrogen) atoms. The van der Waals surface area contributed by atoms with Gasteiger partial charge in [0.2, 0.25) is 0 Å². The van der Waals surface area contributed by atoms with Gasteiger partial charge in [0.25, 0.3) is 0 Å². The van der Waals surface area contributed by atoms with Crippen molar-refractivity contribution in [2.24, 2.45) is 10.3 Å². The van der Waals surface area contributed by atoms with E-state index in [1.165, 1.54) is 0 Å². The van der Waals surface area contributed by atoms with E-state index in [0.717, 1.165) is 5.69 Å². The molecule has 0 saturated carbocycles. The highest BCUT2D eigenvalue weighted by Gasteiger charge is 2.14. The third-order valence-corrected chi connectivity index (χ3v) is 2.89. The molecular weight excluding hydrogens is 335 g/mol. The van der Waals surface area contributed by atoms with Crippen LogP contribution in [-0.4, -0.2) is 46.5 Å². The van der Waals surface area contributed by atoms with E-state index in [1.807, 2.05) is 30.3 Å². The third kappa shape index (κ3) is 6.89. The number of benzene rings is 1. The van der Waals surface area contributed by atoms with E-state index in [-0.39, 0.29) is 12.4 Å². The van der Waals surface area contributed by atoms with Gasteiger partial charge in [-0.15, -0.1) is 35.6 Å². The van der Waals surface area contributed by atoms with Crippen molar-refractivity contribution in [2.75, 3.05) is 30.3 Å². The second kappa shape index (κ2) is 11.5. The molecule has 2 N–H and O–H groups in total. The predicted octanol–water partition coefficient (Wildman–Crippen LogP) is 3.46. The fourth-order valence-corrected chi connectivity index (χ4v) is 2.01. The molecule has 0 amide bonds. The first-order valence-corrected chi connectivity index (χ1v) is 7.24. The molecular formula is C13H19Cl3N4O. The van der Waals surface area contributed by atoms with Gasteiger partial charge in [0.15, 0.2) is 5.84 Å². The molecule has 0 aromatic heterocycles. The van der Waals surface area contributed by atoms with Gasteiger partial charge in [-0.1, -0.05) is 23.4 Å². The molecule has 1 aromatic carbocycles. The second-order valence-corrected chi connectivity index (χ2v) is 4.72. The van der Waals surface area contributed by atoms with E-state index >= 15 is 0 Å². The highest BCUT2D eigenvalue weighted by molar-refractivity contribution is 6.40. The molecule has 0 aliphatic carbocycles. The summed E-state index contributed by atoms with van der Waals surface area (Å²) < 4.78 is 0. The molecule has 1 rings (SSSR count). The molecule has 8 heteroatoms. The number of hydrogen-bond donors (Lipinski definition) is 2. The fraction of sp³-hybridized carbons (Fsp3) is 0.385. The Hall–Kier alpha value is -1.17. The number of nitrogens with zero attached hydrogens (tertiary/aromatic N) is 3. The summed E-state index contributed by atoms with van der Waals surface area (Å²) in [5.74, 6) is 1.18. The quantitative estimate of drug-likeness (QED) is 0.259. The summed E-state index contributed by atoms with van der Waals surface area (Å²) in [4.78, 5) is 1.78. The maximum absolute atomic E-state index is 9.17. The van der Waals surface area contributed by atoms with Crippen LogP contribution in [0.25, 0.3) is 0 Å². The maximum Gasteiger partial charge on any atom is 0.191 e. The molecule has 118 valence electrons. The standard InChI is InChI=1S/C13H18Cl2N4O.ClH/c1-11(16-17-12-5-3-2-4-6-12)13(18-20)19(9-7-14)10-8-15;/h2-6,17,20H,7-10H2,1H3;1H. The van der Waals surface area contributed by atoms with Gasteiger partial charge in [0.05, 0.1) is 5.69 Å². The SMILES string of the molecule is CC(=NNc1ccccc1)C(=NO)N(CCCl)CCCl.Cl. The van der Waals surface area contributed by atoms with Crippen LogP contribution < -0.4 is 5.43 Å². The summed E-state index contributed by atoms with van der Waals surface area (Å²) in [6.45, 7) is 2.82. The van der Waals surface area contributed by atoms with Crippen LogP contribution in [0.2, 0.25) is 0 Å². The lowest BCUT2D eigenvalue weighted by Crippen LogP contribution is -2.38. The molecule has 0 aliphatic heterocycles. The van der Waals surface area contributed by atoms with Crippen LogP contribution in [0.4, 0.5) is 5.69 Å². The average molecular weight is 354 g/mol. The number of nitrogens with one attached hydrogen (secondary N) is 1. The van der Waals surface area contributed by atoms with Crippen molar-refractivity contribution in [3.8, 4) is 0 Å². The maximum atomic E-state index is 9.17. The summed E-state index contributed by atoms with van der Waals surface area (Å²) in [7, 11) is 0. The molecule has 5 nitrogen and oxygen atoms in total. The lowest BCUT2D eigenvalue weighted by atomic mass is 10.3. The molecule has 0 unspecified atom stereocenters. The molecule has 0 spiro atoms. The largest absolute Gasteiger partial charge is 0.409 e. The number of oxime groups is 1. The van der Waals surface area contributed by atoms with Gasteiger partial charge in [-0.2, -0.15) is 5.10 Å². The summed E-state index contributed by atoms with van der Waals surface area (Å²) in [5, 5.41) is 16.7. The molecule has 0 radical (unpaired) electrons. The van der Waals surface area contributed by atoms with Crippen molar-refractivity contribution in [3.05, 3.63) is 30.3 Å². The minimum Gasteiger partial charge on any atom is -0.409 e. The Kier molecular flexibility index (Phi) is 10.8. The van der Waals surface area contributed by atoms with E-state index in [2.05, 4.69) is 15.7 Å². The van der Waals surface area contributed by atoms with E-state index in [9.17, 15) is 0 Å². The second-order valence-electron chi connectivity index (χ2n) is 3.96. The van der Waals surface area contributed by atoms with Crippen LogP contribution >= 0.6 is 35.6 Å². The van der Waals surface area contributed by atoms with Gasteiger partial charge in [0, 0.05) is 24.8 Å². The normalized spacial score (nSPS) is 11.8. The molecule has 0 saturated heterocycles. The first-order valence-electron chi connectivity index (χ1n) is 6.17. The number of hydrogen-bond acceptors (Lipinski definition) is 4. The van der Waals surface area contributed by atoms with E-state index in [1.54, 1.807) is 11.8 Å². The number of anilines is 1. The van der Waals surface area contributed by atoms with Crippen LogP contribution in [0.5, 0.6) is 0 Å². The zero-order valence-corrected chi connectivity index (χ0v) is 14.0. The number of halogens is 3. The zero-order chi connectivity index (χ0) is 14.8. The highest BCUT2D eigenvalue weighted by atomic mass is 35.5. The van der Waals surface area contributed by atoms with Crippen LogP contribution in [0.1, 0.15) is 6.92 Å². The first kappa shape index (κ1) is 19.8. The average Bonchev–Trinajstić information content (AvgIpc) is 2.47. The van der Waals surface area contributed by atoms with Crippen LogP contribution in [-0.2, 0) is 0 Å². The lowest BCUT2D eigenvalue weighted by molar-refractivity contribution is 0.306. The summed E-state index contributed by atoms with van der Waals surface area (Å²) >= 11 is 11.5. The summed E-state index contributed by atoms with van der Waals surface area (Å²) in [5.41, 5.74) is 4.30. The van der Waals surface area contributed by atoms with Crippen molar-refractivity contribution >= 4 is 52.8 Å². The zero-order valence-electron chi connectivity index (χ0n) is 11.7. The topological polar surface area (TPSA) is 60.2 Å². The summed E-state index contributed by atoms with van der Waals surface area (Å²) in [6.07, 6.45) is 0. The van der Waals surface area contributed by atoms with Crippen molar-refractivity contribution in [1.29, 1.82) is 0 Å². The number of hydrazone groups is 1. The van der Waals surface area contributed by atoms with Gasteiger partial charge in [-0.05, 0) is 19.1 Å². The number of rotatable bonds is 7. The number of para-hydroxylation sites is 1. The Labute approximate surface area is 141 Å². The Morgan fingerprint density at radius 3 is 2.24 bits per heavy atom. The van der Waals surface area contributed by atoms with Crippen LogP contribution in [0.15, 0.2) is 40.6 Å². The number of alkyl halides is 2. The van der Waals surface area contributed by atoms with Gasteiger partial charge >= 0.3 is 0 Å². The van der Waals surface area contributed by atoms with E-state index in [0.29, 0.717) is 36.4 Å². The molecule has 0 fully saturated rings. The Morgan fingerprint density at radius 1 is 1.19 bits per heavy atom. The number of amidine groups is 1. The van der Waals surface area contributed by atoms with Crippen LogP contribution in [0.3, 0.4) is 0 Å². The van der Waals surface area contributed by atoms with Gasteiger partial charge in [0.1, 0.15) is 5.71 Å². The van der Waals surface area contributed by atoms with Crippen molar-refractivity contribution in [2.45, 2.75) is 6.92 Å². The monoisotopic (exact) mass is 352 g/mol. The summed E-state index contributed by atoms with van der Waals surface area (Å²) in [6, 6.07) is 9.51. The van der Waals surface area contributed by atoms with Gasteiger partial charge in [-0.3, -0.25) is 5.43 Å².